The second kappa shape index (κ2) is 8.40. The predicted octanol–water partition coefficient (Wildman–Crippen LogP) is 3.12. The van der Waals surface area contributed by atoms with Crippen LogP contribution in [0.25, 0.3) is 5.69 Å². The maximum Gasteiger partial charge on any atom is 0.393 e. The third-order valence-electron chi connectivity index (χ3n) is 4.59. The summed E-state index contributed by atoms with van der Waals surface area (Å²) in [6.07, 6.45) is -0.00477. The molecule has 2 unspecified atom stereocenters. The highest BCUT2D eigenvalue weighted by atomic mass is 35.5. The number of carbonyl (C=O) groups excluding carboxylic acids is 2. The lowest BCUT2D eigenvalue weighted by atomic mass is 10.2. The number of anilines is 1. The molecular formula is C18H19ClF3N5O2. The van der Waals surface area contributed by atoms with Crippen LogP contribution < -0.4 is 10.2 Å². The van der Waals surface area contributed by atoms with Crippen molar-refractivity contribution in [2.45, 2.75) is 38.4 Å². The van der Waals surface area contributed by atoms with Crippen molar-refractivity contribution in [2.24, 2.45) is 5.92 Å². The minimum Gasteiger partial charge on any atom is -0.353 e. The highest BCUT2D eigenvalue weighted by Crippen LogP contribution is 2.44. The van der Waals surface area contributed by atoms with E-state index in [9.17, 15) is 22.8 Å². The van der Waals surface area contributed by atoms with Gasteiger partial charge in [0, 0.05) is 31.6 Å². The van der Waals surface area contributed by atoms with Gasteiger partial charge in [0.25, 0.3) is 0 Å². The lowest BCUT2D eigenvalue weighted by Crippen LogP contribution is -2.33. The van der Waals surface area contributed by atoms with E-state index >= 15 is 0 Å². The first-order valence-electron chi connectivity index (χ1n) is 9.02. The highest BCUT2D eigenvalue weighted by Gasteiger charge is 2.56. The lowest BCUT2D eigenvalue weighted by Gasteiger charge is -2.19. The van der Waals surface area contributed by atoms with Crippen molar-refractivity contribution in [3.63, 3.8) is 0 Å². The number of alkyl halides is 3. The summed E-state index contributed by atoms with van der Waals surface area (Å²) in [5.74, 6) is -2.45. The molecule has 1 fully saturated rings. The number of hydrogen-bond acceptors (Lipinski definition) is 4. The van der Waals surface area contributed by atoms with Gasteiger partial charge in [0.05, 0.1) is 24.0 Å². The molecule has 0 aromatic carbocycles. The van der Waals surface area contributed by atoms with Crippen molar-refractivity contribution < 1.29 is 22.8 Å². The Kier molecular flexibility index (Phi) is 6.11. The maximum atomic E-state index is 12.6. The van der Waals surface area contributed by atoms with Gasteiger partial charge < -0.3 is 10.2 Å². The van der Waals surface area contributed by atoms with Gasteiger partial charge in [-0.15, -0.1) is 0 Å². The largest absolute Gasteiger partial charge is 0.393 e. The molecule has 0 radical (unpaired) electrons. The van der Waals surface area contributed by atoms with Crippen LogP contribution in [0.1, 0.15) is 26.2 Å². The molecule has 2 aromatic heterocycles. The molecule has 7 nitrogen and oxygen atoms in total. The zero-order valence-electron chi connectivity index (χ0n) is 15.5. The molecule has 0 spiro atoms. The SMILES string of the molecule is CCN(C(=O)CCC(=O)NC1CC1C(F)(F)F)c1cn(-c2cccnc2)nc1Cl. The van der Waals surface area contributed by atoms with Crippen LogP contribution in [0.5, 0.6) is 0 Å². The van der Waals surface area contributed by atoms with Gasteiger partial charge in [-0.25, -0.2) is 4.68 Å². The van der Waals surface area contributed by atoms with Gasteiger partial charge in [-0.1, -0.05) is 11.6 Å². The van der Waals surface area contributed by atoms with E-state index in [0.29, 0.717) is 11.4 Å². The summed E-state index contributed by atoms with van der Waals surface area (Å²) in [5.41, 5.74) is 1.04. The van der Waals surface area contributed by atoms with Gasteiger partial charge in [-0.2, -0.15) is 18.3 Å². The molecule has 1 N–H and O–H groups in total. The predicted molar refractivity (Wildman–Crippen MR) is 99.7 cm³/mol. The van der Waals surface area contributed by atoms with Crippen LogP contribution in [0, 0.1) is 5.92 Å². The molecule has 1 aliphatic rings. The molecule has 0 aliphatic heterocycles. The number of carbonyl (C=O) groups is 2. The second-order valence-electron chi connectivity index (χ2n) is 6.66. The molecule has 2 amide bonds. The first-order chi connectivity index (χ1) is 13.7. The monoisotopic (exact) mass is 429 g/mol. The molecule has 156 valence electrons. The van der Waals surface area contributed by atoms with Crippen molar-refractivity contribution >= 4 is 29.1 Å². The zero-order valence-corrected chi connectivity index (χ0v) is 16.2. The van der Waals surface area contributed by atoms with Gasteiger partial charge in [0.2, 0.25) is 11.8 Å². The summed E-state index contributed by atoms with van der Waals surface area (Å²) in [6.45, 7) is 2.03. The number of nitrogens with zero attached hydrogens (tertiary/aromatic N) is 4. The Balaban J connectivity index is 1.58. The second-order valence-corrected chi connectivity index (χ2v) is 7.01. The number of rotatable bonds is 7. The van der Waals surface area contributed by atoms with E-state index in [1.54, 1.807) is 37.6 Å². The highest BCUT2D eigenvalue weighted by molar-refractivity contribution is 6.32. The maximum absolute atomic E-state index is 12.6. The summed E-state index contributed by atoms with van der Waals surface area (Å²) < 4.78 is 39.0. The third-order valence-corrected chi connectivity index (χ3v) is 4.86. The topological polar surface area (TPSA) is 80.1 Å². The molecule has 2 heterocycles. The Morgan fingerprint density at radius 1 is 1.38 bits per heavy atom. The van der Waals surface area contributed by atoms with Gasteiger partial charge in [-0.3, -0.25) is 14.6 Å². The van der Waals surface area contributed by atoms with E-state index in [4.69, 9.17) is 11.6 Å². The van der Waals surface area contributed by atoms with Crippen molar-refractivity contribution in [1.82, 2.24) is 20.1 Å². The van der Waals surface area contributed by atoms with Crippen LogP contribution >= 0.6 is 11.6 Å². The van der Waals surface area contributed by atoms with Crippen LogP contribution in [0.2, 0.25) is 5.15 Å². The van der Waals surface area contributed by atoms with Crippen LogP contribution in [0.15, 0.2) is 30.7 Å². The summed E-state index contributed by atoms with van der Waals surface area (Å²) in [5, 5.41) is 6.60. The van der Waals surface area contributed by atoms with Crippen LogP contribution in [-0.2, 0) is 9.59 Å². The lowest BCUT2D eigenvalue weighted by molar-refractivity contribution is -0.149. The Morgan fingerprint density at radius 3 is 2.72 bits per heavy atom. The molecule has 1 saturated carbocycles. The summed E-state index contributed by atoms with van der Waals surface area (Å²) >= 11 is 6.18. The van der Waals surface area contributed by atoms with Gasteiger partial charge in [0.15, 0.2) is 5.15 Å². The molecule has 0 saturated heterocycles. The molecule has 1 aliphatic carbocycles. The molecule has 2 aromatic rings. The summed E-state index contributed by atoms with van der Waals surface area (Å²) in [4.78, 5) is 29.8. The molecule has 3 rings (SSSR count). The fourth-order valence-electron chi connectivity index (χ4n) is 2.98. The minimum absolute atomic E-state index is 0.111. The quantitative estimate of drug-likeness (QED) is 0.733. The summed E-state index contributed by atoms with van der Waals surface area (Å²) in [6, 6.07) is 2.61. The average molecular weight is 430 g/mol. The Morgan fingerprint density at radius 2 is 2.14 bits per heavy atom. The number of pyridine rings is 1. The van der Waals surface area contributed by atoms with Gasteiger partial charge in [0.1, 0.15) is 5.69 Å². The number of amides is 2. The fraction of sp³-hybridized carbons (Fsp3) is 0.444. The Labute approximate surface area is 169 Å². The van der Waals surface area contributed by atoms with Crippen molar-refractivity contribution in [2.75, 3.05) is 11.4 Å². The average Bonchev–Trinajstić information content (AvgIpc) is 3.36. The van der Waals surface area contributed by atoms with Crippen molar-refractivity contribution in [1.29, 1.82) is 0 Å². The number of nitrogens with one attached hydrogen (secondary N) is 1. The number of halogens is 4. The van der Waals surface area contributed by atoms with E-state index < -0.39 is 24.0 Å². The van der Waals surface area contributed by atoms with Crippen molar-refractivity contribution in [3.05, 3.63) is 35.9 Å². The fourth-order valence-corrected chi connectivity index (χ4v) is 3.21. The van der Waals surface area contributed by atoms with Gasteiger partial charge >= 0.3 is 6.18 Å². The first-order valence-corrected chi connectivity index (χ1v) is 9.40. The van der Waals surface area contributed by atoms with Crippen LogP contribution in [-0.4, -0.2) is 45.3 Å². The minimum atomic E-state index is -4.31. The summed E-state index contributed by atoms with van der Waals surface area (Å²) in [7, 11) is 0. The molecular weight excluding hydrogens is 411 g/mol. The Hall–Kier alpha value is -2.62. The molecule has 2 atom stereocenters. The standard InChI is InChI=1S/C18H19ClF3N5O2/c1-2-26(14-10-27(25-17(14)19)11-4-3-7-23-9-11)16(29)6-5-15(28)24-13-8-12(13)18(20,21)22/h3-4,7,9-10,12-13H,2,5-6,8H2,1H3,(H,24,28). The van der Waals surface area contributed by atoms with E-state index in [1.165, 1.54) is 9.58 Å². The molecule has 29 heavy (non-hydrogen) atoms. The van der Waals surface area contributed by atoms with Crippen LogP contribution in [0.3, 0.4) is 0 Å². The smallest absolute Gasteiger partial charge is 0.353 e. The zero-order chi connectivity index (χ0) is 21.2. The van der Waals surface area contributed by atoms with E-state index in [2.05, 4.69) is 15.4 Å². The third kappa shape index (κ3) is 5.06. The van der Waals surface area contributed by atoms with Crippen LogP contribution in [0.4, 0.5) is 18.9 Å². The van der Waals surface area contributed by atoms with E-state index in [1.807, 2.05) is 0 Å². The van der Waals surface area contributed by atoms with Crippen molar-refractivity contribution in [3.8, 4) is 5.69 Å². The molecule has 0 bridgehead atoms. The number of aromatic nitrogens is 3. The van der Waals surface area contributed by atoms with E-state index in [0.717, 1.165) is 0 Å². The first kappa shape index (κ1) is 21.1. The van der Waals surface area contributed by atoms with Gasteiger partial charge in [-0.05, 0) is 25.5 Å². The number of hydrogen-bond donors (Lipinski definition) is 1. The molecule has 11 heteroatoms. The van der Waals surface area contributed by atoms with E-state index in [-0.39, 0.29) is 36.9 Å². The Bertz CT molecular complexity index is 887. The normalized spacial score (nSPS) is 18.4.